The van der Waals surface area contributed by atoms with Crippen LogP contribution in [0.15, 0.2) is 35.2 Å². The van der Waals surface area contributed by atoms with Gasteiger partial charge in [0.1, 0.15) is 23.1 Å². The van der Waals surface area contributed by atoms with Crippen LogP contribution in [0.1, 0.15) is 5.76 Å². The molecule has 0 saturated carbocycles. The molecule has 0 bridgehead atoms. The lowest BCUT2D eigenvalue weighted by atomic mass is 10.4. The number of halogens is 1. The molecule has 0 unspecified atom stereocenters. The van der Waals surface area contributed by atoms with Gasteiger partial charge in [0, 0.05) is 13.1 Å². The third-order valence-electron chi connectivity index (χ3n) is 2.57. The van der Waals surface area contributed by atoms with Crippen LogP contribution >= 0.6 is 11.6 Å². The maximum atomic E-state index is 5.96. The van der Waals surface area contributed by atoms with Crippen LogP contribution in [-0.4, -0.2) is 26.6 Å². The molecule has 18 heavy (non-hydrogen) atoms. The predicted molar refractivity (Wildman–Crippen MR) is 66.6 cm³/mol. The van der Waals surface area contributed by atoms with Crippen LogP contribution < -0.4 is 4.90 Å². The second kappa shape index (κ2) is 4.30. The molecule has 0 saturated heterocycles. The zero-order chi connectivity index (χ0) is 12.5. The SMILES string of the molecule is CN(Cc1ccco1)c1cc(Cl)nc2ncnn12. The highest BCUT2D eigenvalue weighted by atomic mass is 35.5. The van der Waals surface area contributed by atoms with Crippen LogP contribution in [0.4, 0.5) is 5.82 Å². The molecule has 0 N–H and O–H groups in total. The number of rotatable bonds is 3. The molecule has 0 aliphatic heterocycles. The first kappa shape index (κ1) is 11.0. The third-order valence-corrected chi connectivity index (χ3v) is 2.76. The number of anilines is 1. The van der Waals surface area contributed by atoms with Gasteiger partial charge in [-0.2, -0.15) is 19.6 Å². The molecule has 0 aliphatic carbocycles. The predicted octanol–water partition coefficient (Wildman–Crippen LogP) is 2.01. The smallest absolute Gasteiger partial charge is 0.255 e. The molecule has 0 amide bonds. The van der Waals surface area contributed by atoms with E-state index in [1.165, 1.54) is 6.33 Å². The highest BCUT2D eigenvalue weighted by Crippen LogP contribution is 2.19. The van der Waals surface area contributed by atoms with Crippen molar-refractivity contribution < 1.29 is 4.42 Å². The lowest BCUT2D eigenvalue weighted by molar-refractivity contribution is 0.506. The van der Waals surface area contributed by atoms with Gasteiger partial charge in [0.25, 0.3) is 5.78 Å². The number of hydrogen-bond donors (Lipinski definition) is 0. The first-order valence-electron chi connectivity index (χ1n) is 5.34. The number of hydrogen-bond acceptors (Lipinski definition) is 5. The molecular formula is C11H10ClN5O. The van der Waals surface area contributed by atoms with Crippen molar-refractivity contribution in [3.8, 4) is 0 Å². The van der Waals surface area contributed by atoms with Crippen molar-refractivity contribution in [2.24, 2.45) is 0 Å². The standard InChI is InChI=1S/C11H10ClN5O/c1-16(6-8-3-2-4-18-8)10-5-9(12)15-11-13-7-14-17(10)11/h2-5,7H,6H2,1H3. The number of fused-ring (bicyclic) bond motifs is 1. The van der Waals surface area contributed by atoms with Gasteiger partial charge in [-0.3, -0.25) is 0 Å². The molecule has 3 aromatic rings. The number of nitrogens with zero attached hydrogens (tertiary/aromatic N) is 5. The molecule has 0 aliphatic rings. The van der Waals surface area contributed by atoms with Crippen LogP contribution in [0.5, 0.6) is 0 Å². The normalized spacial score (nSPS) is 11.0. The zero-order valence-corrected chi connectivity index (χ0v) is 10.4. The Bertz CT molecular complexity index is 663. The monoisotopic (exact) mass is 263 g/mol. The van der Waals surface area contributed by atoms with Gasteiger partial charge in [0.15, 0.2) is 0 Å². The highest BCUT2D eigenvalue weighted by Gasteiger charge is 2.11. The molecular weight excluding hydrogens is 254 g/mol. The van der Waals surface area contributed by atoms with Gasteiger partial charge in [-0.15, -0.1) is 0 Å². The fraction of sp³-hybridized carbons (Fsp3) is 0.182. The van der Waals surface area contributed by atoms with Crippen molar-refractivity contribution >= 4 is 23.2 Å². The summed E-state index contributed by atoms with van der Waals surface area (Å²) in [4.78, 5) is 10.1. The first-order valence-corrected chi connectivity index (χ1v) is 5.71. The molecule has 7 heteroatoms. The Morgan fingerprint density at radius 1 is 1.50 bits per heavy atom. The van der Waals surface area contributed by atoms with Gasteiger partial charge < -0.3 is 9.32 Å². The van der Waals surface area contributed by atoms with Gasteiger partial charge in [-0.25, -0.2) is 0 Å². The molecule has 0 spiro atoms. The Kier molecular flexibility index (Phi) is 2.64. The van der Waals surface area contributed by atoms with Gasteiger partial charge >= 0.3 is 0 Å². The van der Waals surface area contributed by atoms with E-state index < -0.39 is 0 Å². The van der Waals surface area contributed by atoms with Gasteiger partial charge in [0.2, 0.25) is 0 Å². The summed E-state index contributed by atoms with van der Waals surface area (Å²) < 4.78 is 6.95. The Hall–Kier alpha value is -2.08. The topological polar surface area (TPSA) is 59.5 Å². The minimum Gasteiger partial charge on any atom is -0.467 e. The maximum Gasteiger partial charge on any atom is 0.255 e. The van der Waals surface area contributed by atoms with Crippen LogP contribution in [0.3, 0.4) is 0 Å². The van der Waals surface area contributed by atoms with Crippen LogP contribution in [-0.2, 0) is 6.54 Å². The Balaban J connectivity index is 2.00. The lowest BCUT2D eigenvalue weighted by Gasteiger charge is -2.18. The van der Waals surface area contributed by atoms with Crippen LogP contribution in [0, 0.1) is 0 Å². The van der Waals surface area contributed by atoms with E-state index in [1.807, 2.05) is 24.1 Å². The van der Waals surface area contributed by atoms with Crippen molar-refractivity contribution in [3.63, 3.8) is 0 Å². The summed E-state index contributed by atoms with van der Waals surface area (Å²) in [6, 6.07) is 5.51. The minimum absolute atomic E-state index is 0.386. The molecule has 92 valence electrons. The molecule has 6 nitrogen and oxygen atoms in total. The fourth-order valence-corrected chi connectivity index (χ4v) is 1.93. The second-order valence-electron chi connectivity index (χ2n) is 3.84. The molecule has 3 rings (SSSR count). The summed E-state index contributed by atoms with van der Waals surface area (Å²) in [5, 5.41) is 4.51. The average Bonchev–Trinajstić information content (AvgIpc) is 2.97. The fourth-order valence-electron chi connectivity index (χ4n) is 1.76. The van der Waals surface area contributed by atoms with E-state index in [9.17, 15) is 0 Å². The Morgan fingerprint density at radius 2 is 2.39 bits per heavy atom. The molecule has 3 aromatic heterocycles. The van der Waals surface area contributed by atoms with E-state index >= 15 is 0 Å². The Morgan fingerprint density at radius 3 is 3.17 bits per heavy atom. The summed E-state index contributed by atoms with van der Waals surface area (Å²) in [6.07, 6.45) is 3.09. The maximum absolute atomic E-state index is 5.96. The quantitative estimate of drug-likeness (QED) is 0.677. The number of furan rings is 1. The summed E-state index contributed by atoms with van der Waals surface area (Å²) >= 11 is 5.96. The van der Waals surface area contributed by atoms with E-state index in [2.05, 4.69) is 15.1 Å². The van der Waals surface area contributed by atoms with E-state index in [-0.39, 0.29) is 0 Å². The van der Waals surface area contributed by atoms with E-state index in [0.717, 1.165) is 11.6 Å². The molecule has 0 radical (unpaired) electrons. The average molecular weight is 264 g/mol. The summed E-state index contributed by atoms with van der Waals surface area (Å²) in [6.45, 7) is 0.613. The van der Waals surface area contributed by atoms with Crippen LogP contribution in [0.2, 0.25) is 5.15 Å². The van der Waals surface area contributed by atoms with Gasteiger partial charge in [-0.1, -0.05) is 11.6 Å². The minimum atomic E-state index is 0.386. The van der Waals surface area contributed by atoms with Crippen molar-refractivity contribution in [2.45, 2.75) is 6.54 Å². The molecule has 0 aromatic carbocycles. The Labute approximate surface area is 108 Å². The van der Waals surface area contributed by atoms with Crippen molar-refractivity contribution in [1.29, 1.82) is 0 Å². The second-order valence-corrected chi connectivity index (χ2v) is 4.23. The van der Waals surface area contributed by atoms with Crippen LogP contribution in [0.25, 0.3) is 5.78 Å². The molecule has 0 fully saturated rings. The van der Waals surface area contributed by atoms with E-state index in [0.29, 0.717) is 17.5 Å². The largest absolute Gasteiger partial charge is 0.467 e. The molecule has 3 heterocycles. The van der Waals surface area contributed by atoms with E-state index in [1.54, 1.807) is 16.8 Å². The third kappa shape index (κ3) is 1.91. The zero-order valence-electron chi connectivity index (χ0n) is 9.62. The van der Waals surface area contributed by atoms with Crippen molar-refractivity contribution in [1.82, 2.24) is 19.6 Å². The summed E-state index contributed by atoms with van der Waals surface area (Å²) in [7, 11) is 1.93. The molecule has 0 atom stereocenters. The summed E-state index contributed by atoms with van der Waals surface area (Å²) in [5.74, 6) is 2.14. The summed E-state index contributed by atoms with van der Waals surface area (Å²) in [5.41, 5.74) is 0. The van der Waals surface area contributed by atoms with Gasteiger partial charge in [0.05, 0.1) is 12.8 Å². The van der Waals surface area contributed by atoms with E-state index in [4.69, 9.17) is 16.0 Å². The highest BCUT2D eigenvalue weighted by molar-refractivity contribution is 6.29. The lowest BCUT2D eigenvalue weighted by Crippen LogP contribution is -2.19. The van der Waals surface area contributed by atoms with Gasteiger partial charge in [-0.05, 0) is 12.1 Å². The first-order chi connectivity index (χ1) is 8.74. The number of aromatic nitrogens is 4. The van der Waals surface area contributed by atoms with Crippen molar-refractivity contribution in [3.05, 3.63) is 41.7 Å². The van der Waals surface area contributed by atoms with Crippen molar-refractivity contribution in [2.75, 3.05) is 11.9 Å².